The molecule has 19 heavy (non-hydrogen) atoms. The third-order valence-electron chi connectivity index (χ3n) is 3.15. The highest BCUT2D eigenvalue weighted by atomic mass is 16.5. The van der Waals surface area contributed by atoms with Crippen molar-refractivity contribution in [3.05, 3.63) is 58.8 Å². The Morgan fingerprint density at radius 2 is 1.95 bits per heavy atom. The van der Waals surface area contributed by atoms with Crippen LogP contribution in [-0.2, 0) is 13.1 Å². The van der Waals surface area contributed by atoms with Gasteiger partial charge in [-0.2, -0.15) is 0 Å². The molecule has 0 radical (unpaired) electrons. The van der Waals surface area contributed by atoms with Crippen LogP contribution in [0.4, 0.5) is 0 Å². The van der Waals surface area contributed by atoms with E-state index in [2.05, 4.69) is 42.3 Å². The van der Waals surface area contributed by atoms with Crippen molar-refractivity contribution >= 4 is 0 Å². The van der Waals surface area contributed by atoms with Gasteiger partial charge in [0.2, 0.25) is 5.88 Å². The number of rotatable bonds is 5. The van der Waals surface area contributed by atoms with Gasteiger partial charge >= 0.3 is 0 Å². The topological polar surface area (TPSA) is 34.1 Å². The van der Waals surface area contributed by atoms with Gasteiger partial charge in [0, 0.05) is 25.4 Å². The number of pyridine rings is 1. The Morgan fingerprint density at radius 3 is 2.58 bits per heavy atom. The van der Waals surface area contributed by atoms with Crippen molar-refractivity contribution in [2.75, 3.05) is 7.11 Å². The molecule has 0 amide bonds. The molecule has 0 atom stereocenters. The van der Waals surface area contributed by atoms with E-state index in [1.165, 1.54) is 16.7 Å². The van der Waals surface area contributed by atoms with Crippen LogP contribution in [-0.4, -0.2) is 12.1 Å². The number of aryl methyl sites for hydroxylation is 2. The fourth-order valence-electron chi connectivity index (χ4n) is 2.02. The van der Waals surface area contributed by atoms with E-state index in [4.69, 9.17) is 4.74 Å². The number of aromatic nitrogens is 1. The van der Waals surface area contributed by atoms with Gasteiger partial charge in [-0.25, -0.2) is 4.98 Å². The van der Waals surface area contributed by atoms with Crippen molar-refractivity contribution in [2.24, 2.45) is 0 Å². The van der Waals surface area contributed by atoms with Gasteiger partial charge in [0.15, 0.2) is 0 Å². The first-order valence-electron chi connectivity index (χ1n) is 6.45. The number of nitrogens with one attached hydrogen (secondary N) is 1. The maximum absolute atomic E-state index is 5.04. The van der Waals surface area contributed by atoms with E-state index in [1.807, 2.05) is 18.3 Å². The minimum absolute atomic E-state index is 0.651. The zero-order valence-electron chi connectivity index (χ0n) is 11.7. The Bertz CT molecular complexity index is 535. The molecule has 0 aliphatic rings. The number of hydrogen-bond donors (Lipinski definition) is 1. The van der Waals surface area contributed by atoms with Gasteiger partial charge in [-0.15, -0.1) is 0 Å². The fourth-order valence-corrected chi connectivity index (χ4v) is 2.02. The predicted molar refractivity (Wildman–Crippen MR) is 77.2 cm³/mol. The minimum Gasteiger partial charge on any atom is -0.481 e. The molecule has 0 fully saturated rings. The molecular formula is C16H20N2O. The first-order chi connectivity index (χ1) is 9.19. The van der Waals surface area contributed by atoms with Gasteiger partial charge in [0.1, 0.15) is 0 Å². The normalized spacial score (nSPS) is 10.5. The average molecular weight is 256 g/mol. The van der Waals surface area contributed by atoms with Crippen LogP contribution in [0.5, 0.6) is 5.88 Å². The molecule has 0 aliphatic carbocycles. The lowest BCUT2D eigenvalue weighted by atomic mass is 10.1. The second-order valence-corrected chi connectivity index (χ2v) is 4.74. The smallest absolute Gasteiger partial charge is 0.212 e. The van der Waals surface area contributed by atoms with Crippen LogP contribution in [0.1, 0.15) is 22.3 Å². The second kappa shape index (κ2) is 6.34. The molecule has 3 heteroatoms. The van der Waals surface area contributed by atoms with Crippen LogP contribution >= 0.6 is 0 Å². The summed E-state index contributed by atoms with van der Waals surface area (Å²) in [5, 5.41) is 3.43. The molecule has 100 valence electrons. The Kier molecular flexibility index (Phi) is 4.53. The lowest BCUT2D eigenvalue weighted by molar-refractivity contribution is 0.397. The molecule has 0 spiro atoms. The van der Waals surface area contributed by atoms with Crippen LogP contribution in [0.25, 0.3) is 0 Å². The van der Waals surface area contributed by atoms with Gasteiger partial charge < -0.3 is 10.1 Å². The summed E-state index contributed by atoms with van der Waals surface area (Å²) in [6.45, 7) is 5.95. The molecule has 0 unspecified atom stereocenters. The van der Waals surface area contributed by atoms with Crippen molar-refractivity contribution in [1.82, 2.24) is 10.3 Å². The number of ether oxygens (including phenoxy) is 1. The third-order valence-corrected chi connectivity index (χ3v) is 3.15. The molecule has 3 nitrogen and oxygen atoms in total. The highest BCUT2D eigenvalue weighted by Gasteiger charge is 1.99. The summed E-state index contributed by atoms with van der Waals surface area (Å²) in [5.74, 6) is 0.651. The van der Waals surface area contributed by atoms with E-state index in [-0.39, 0.29) is 0 Å². The van der Waals surface area contributed by atoms with E-state index < -0.39 is 0 Å². The van der Waals surface area contributed by atoms with Gasteiger partial charge in [-0.3, -0.25) is 0 Å². The van der Waals surface area contributed by atoms with Gasteiger partial charge in [0.25, 0.3) is 0 Å². The van der Waals surface area contributed by atoms with Gasteiger partial charge in [-0.1, -0.05) is 29.8 Å². The Balaban J connectivity index is 1.88. The van der Waals surface area contributed by atoms with Crippen molar-refractivity contribution < 1.29 is 4.74 Å². The van der Waals surface area contributed by atoms with Crippen LogP contribution in [0.3, 0.4) is 0 Å². The van der Waals surface area contributed by atoms with Crippen LogP contribution in [0, 0.1) is 13.8 Å². The van der Waals surface area contributed by atoms with Crippen molar-refractivity contribution in [1.29, 1.82) is 0 Å². The first kappa shape index (κ1) is 13.6. The maximum Gasteiger partial charge on any atom is 0.212 e. The van der Waals surface area contributed by atoms with E-state index in [1.54, 1.807) is 7.11 Å². The molecule has 1 heterocycles. The quantitative estimate of drug-likeness (QED) is 0.893. The van der Waals surface area contributed by atoms with Crippen molar-refractivity contribution in [3.63, 3.8) is 0 Å². The van der Waals surface area contributed by atoms with E-state index in [0.29, 0.717) is 5.88 Å². The Morgan fingerprint density at radius 1 is 1.11 bits per heavy atom. The highest BCUT2D eigenvalue weighted by Crippen LogP contribution is 2.11. The molecule has 0 bridgehead atoms. The summed E-state index contributed by atoms with van der Waals surface area (Å²) in [4.78, 5) is 4.19. The Labute approximate surface area is 114 Å². The summed E-state index contributed by atoms with van der Waals surface area (Å²) in [5.41, 5.74) is 5.14. The molecule has 1 aromatic heterocycles. The first-order valence-corrected chi connectivity index (χ1v) is 6.45. The molecule has 2 aromatic rings. The number of methoxy groups -OCH3 is 1. The molecule has 2 rings (SSSR count). The zero-order chi connectivity index (χ0) is 13.7. The van der Waals surface area contributed by atoms with Gasteiger partial charge in [-0.05, 0) is 30.5 Å². The average Bonchev–Trinajstić information content (AvgIpc) is 2.42. The van der Waals surface area contributed by atoms with Gasteiger partial charge in [0.05, 0.1) is 7.11 Å². The SMILES string of the molecule is COc1ccc(CNCc2ccc(C)cc2C)cn1. The minimum atomic E-state index is 0.651. The summed E-state index contributed by atoms with van der Waals surface area (Å²) < 4.78 is 5.04. The molecule has 0 aliphatic heterocycles. The van der Waals surface area contributed by atoms with E-state index in [9.17, 15) is 0 Å². The molecule has 1 aromatic carbocycles. The summed E-state index contributed by atoms with van der Waals surface area (Å²) in [7, 11) is 1.63. The fraction of sp³-hybridized carbons (Fsp3) is 0.312. The predicted octanol–water partition coefficient (Wildman–Crippen LogP) is 3.00. The Hall–Kier alpha value is -1.87. The van der Waals surface area contributed by atoms with Crippen LogP contribution < -0.4 is 10.1 Å². The summed E-state index contributed by atoms with van der Waals surface area (Å²) >= 11 is 0. The van der Waals surface area contributed by atoms with Crippen molar-refractivity contribution in [2.45, 2.75) is 26.9 Å². The number of nitrogens with zero attached hydrogens (tertiary/aromatic N) is 1. The van der Waals surface area contributed by atoms with Crippen LogP contribution in [0.2, 0.25) is 0 Å². The molecule has 0 saturated carbocycles. The standard InChI is InChI=1S/C16H20N2O/c1-12-4-6-15(13(2)8-12)11-17-9-14-5-7-16(19-3)18-10-14/h4-8,10,17H,9,11H2,1-3H3. The molecule has 1 N–H and O–H groups in total. The monoisotopic (exact) mass is 256 g/mol. The van der Waals surface area contributed by atoms with Crippen molar-refractivity contribution in [3.8, 4) is 5.88 Å². The van der Waals surface area contributed by atoms with Crippen LogP contribution in [0.15, 0.2) is 36.5 Å². The highest BCUT2D eigenvalue weighted by molar-refractivity contribution is 5.30. The largest absolute Gasteiger partial charge is 0.481 e. The summed E-state index contributed by atoms with van der Waals surface area (Å²) in [6, 6.07) is 10.5. The maximum atomic E-state index is 5.04. The van der Waals surface area contributed by atoms with E-state index in [0.717, 1.165) is 18.7 Å². The lowest BCUT2D eigenvalue weighted by Crippen LogP contribution is -2.13. The van der Waals surface area contributed by atoms with E-state index >= 15 is 0 Å². The number of hydrogen-bond acceptors (Lipinski definition) is 3. The third kappa shape index (κ3) is 3.80. The second-order valence-electron chi connectivity index (χ2n) is 4.74. The lowest BCUT2D eigenvalue weighted by Gasteiger charge is -2.09. The summed E-state index contributed by atoms with van der Waals surface area (Å²) in [6.07, 6.45) is 1.84. The zero-order valence-corrected chi connectivity index (χ0v) is 11.7. The molecule has 0 saturated heterocycles. The number of benzene rings is 1. The molecular weight excluding hydrogens is 236 g/mol.